The number of nitrogens with one attached hydrogen (secondary N) is 4. The Morgan fingerprint density at radius 2 is 2.09 bits per heavy atom. The summed E-state index contributed by atoms with van der Waals surface area (Å²) >= 11 is 0. The zero-order chi connectivity index (χ0) is 23.0. The standard InChI is InChI=1S/C23H33N9O/c1-23(2,3)17-13-18(30-29-17)26-21-28-22(27-19-9-6-12-32(19)21)31-11-5-8-16(31)20(33)25-15-7-4-10-24-14-15/h6,9,12-13,15-16,24H,4-5,7-8,10-11,14H2,1-3H3,(H,25,33)(H2,26,27,28,29,30)/t15-,16+/m1/s1. The number of hydrogen-bond acceptors (Lipinski definition) is 7. The number of amides is 1. The molecule has 2 saturated heterocycles. The van der Waals surface area contributed by atoms with Crippen molar-refractivity contribution < 1.29 is 4.79 Å². The predicted molar refractivity (Wildman–Crippen MR) is 128 cm³/mol. The number of carbonyl (C=O) groups excluding carboxylic acids is 1. The minimum absolute atomic E-state index is 0.0312. The molecule has 5 rings (SSSR count). The molecule has 3 aromatic heterocycles. The number of carbonyl (C=O) groups is 1. The maximum Gasteiger partial charge on any atom is 0.243 e. The minimum Gasteiger partial charge on any atom is -0.350 e. The number of rotatable bonds is 5. The van der Waals surface area contributed by atoms with Gasteiger partial charge in [-0.25, -0.2) is 0 Å². The molecule has 2 aliphatic rings. The van der Waals surface area contributed by atoms with Crippen LogP contribution in [0.1, 0.15) is 52.1 Å². The number of aromatic amines is 1. The van der Waals surface area contributed by atoms with E-state index >= 15 is 0 Å². The van der Waals surface area contributed by atoms with Gasteiger partial charge in [-0.3, -0.25) is 14.3 Å². The van der Waals surface area contributed by atoms with Crippen LogP contribution in [0.2, 0.25) is 0 Å². The summed E-state index contributed by atoms with van der Waals surface area (Å²) < 4.78 is 1.90. The van der Waals surface area contributed by atoms with Gasteiger partial charge in [-0.1, -0.05) is 20.8 Å². The Morgan fingerprint density at radius 1 is 1.21 bits per heavy atom. The van der Waals surface area contributed by atoms with Gasteiger partial charge >= 0.3 is 0 Å². The first-order valence-electron chi connectivity index (χ1n) is 11.8. The molecule has 0 aliphatic carbocycles. The van der Waals surface area contributed by atoms with Crippen molar-refractivity contribution in [2.24, 2.45) is 0 Å². The topological polar surface area (TPSA) is 115 Å². The number of nitrogens with zero attached hydrogens (tertiary/aromatic N) is 5. The van der Waals surface area contributed by atoms with Gasteiger partial charge in [0.2, 0.25) is 17.8 Å². The van der Waals surface area contributed by atoms with Crippen LogP contribution in [-0.2, 0) is 10.2 Å². The highest BCUT2D eigenvalue weighted by atomic mass is 16.2. The molecule has 10 heteroatoms. The second kappa shape index (κ2) is 8.66. The number of anilines is 3. The van der Waals surface area contributed by atoms with E-state index in [1.54, 1.807) is 0 Å². The molecule has 0 aromatic carbocycles. The fourth-order valence-corrected chi connectivity index (χ4v) is 4.57. The van der Waals surface area contributed by atoms with E-state index in [2.05, 4.69) is 46.9 Å². The van der Waals surface area contributed by atoms with Gasteiger partial charge in [0, 0.05) is 42.5 Å². The van der Waals surface area contributed by atoms with Crippen LogP contribution in [0.25, 0.3) is 5.65 Å². The zero-order valence-corrected chi connectivity index (χ0v) is 19.6. The van der Waals surface area contributed by atoms with Gasteiger partial charge < -0.3 is 20.9 Å². The molecule has 2 aliphatic heterocycles. The number of aromatic nitrogens is 5. The van der Waals surface area contributed by atoms with E-state index in [0.717, 1.165) is 56.7 Å². The van der Waals surface area contributed by atoms with E-state index in [1.165, 1.54) is 0 Å². The third-order valence-corrected chi connectivity index (χ3v) is 6.46. The molecular formula is C23H33N9O. The quantitative estimate of drug-likeness (QED) is 0.471. The average molecular weight is 452 g/mol. The van der Waals surface area contributed by atoms with Gasteiger partial charge in [0.05, 0.1) is 0 Å². The van der Waals surface area contributed by atoms with Crippen molar-refractivity contribution in [3.8, 4) is 0 Å². The van der Waals surface area contributed by atoms with Gasteiger partial charge in [0.1, 0.15) is 11.7 Å². The lowest BCUT2D eigenvalue weighted by Crippen LogP contribution is -2.51. The highest BCUT2D eigenvalue weighted by molar-refractivity contribution is 5.85. The van der Waals surface area contributed by atoms with Crippen molar-refractivity contribution in [1.29, 1.82) is 0 Å². The monoisotopic (exact) mass is 451 g/mol. The fourth-order valence-electron chi connectivity index (χ4n) is 4.57. The Kier molecular flexibility index (Phi) is 5.69. The van der Waals surface area contributed by atoms with Gasteiger partial charge in [0.15, 0.2) is 5.82 Å². The second-order valence-electron chi connectivity index (χ2n) is 10.0. The summed E-state index contributed by atoms with van der Waals surface area (Å²) in [6, 6.07) is 5.82. The maximum atomic E-state index is 13.1. The van der Waals surface area contributed by atoms with Gasteiger partial charge in [0.25, 0.3) is 0 Å². The van der Waals surface area contributed by atoms with Crippen molar-refractivity contribution in [3.63, 3.8) is 0 Å². The van der Waals surface area contributed by atoms with Crippen LogP contribution in [-0.4, -0.2) is 62.2 Å². The summed E-state index contributed by atoms with van der Waals surface area (Å²) in [6.45, 7) is 9.03. The van der Waals surface area contributed by atoms with Gasteiger partial charge in [-0.05, 0) is 44.4 Å². The predicted octanol–water partition coefficient (Wildman–Crippen LogP) is 2.33. The fraction of sp³-hybridized carbons (Fsp3) is 0.565. The van der Waals surface area contributed by atoms with E-state index < -0.39 is 0 Å². The summed E-state index contributed by atoms with van der Waals surface area (Å²) in [5.74, 6) is 1.95. The molecule has 0 unspecified atom stereocenters. The zero-order valence-electron chi connectivity index (χ0n) is 19.6. The molecule has 176 valence electrons. The lowest BCUT2D eigenvalue weighted by atomic mass is 9.92. The van der Waals surface area contributed by atoms with E-state index in [0.29, 0.717) is 17.7 Å². The van der Waals surface area contributed by atoms with Crippen LogP contribution in [0.3, 0.4) is 0 Å². The van der Waals surface area contributed by atoms with Gasteiger partial charge in [-0.15, -0.1) is 0 Å². The van der Waals surface area contributed by atoms with E-state index in [1.807, 2.05) is 33.7 Å². The first-order chi connectivity index (χ1) is 15.9. The van der Waals surface area contributed by atoms with E-state index in [-0.39, 0.29) is 23.4 Å². The molecule has 0 saturated carbocycles. The van der Waals surface area contributed by atoms with Gasteiger partial charge in [-0.2, -0.15) is 15.1 Å². The Hall–Kier alpha value is -3.14. The highest BCUT2D eigenvalue weighted by Crippen LogP contribution is 2.27. The molecular weight excluding hydrogens is 418 g/mol. The second-order valence-corrected chi connectivity index (χ2v) is 10.0. The SMILES string of the molecule is CC(C)(C)c1cc(Nc2nc(N3CCC[C@H]3C(=O)N[C@@H]3CCCNC3)nc3cccn23)n[nH]1. The maximum absolute atomic E-state index is 13.1. The summed E-state index contributed by atoms with van der Waals surface area (Å²) in [6.07, 6.45) is 5.77. The molecule has 0 bridgehead atoms. The van der Waals surface area contributed by atoms with Crippen molar-refractivity contribution in [2.75, 3.05) is 29.9 Å². The lowest BCUT2D eigenvalue weighted by Gasteiger charge is -2.28. The van der Waals surface area contributed by atoms with Crippen molar-refractivity contribution in [2.45, 2.75) is 64.0 Å². The van der Waals surface area contributed by atoms with Crippen molar-refractivity contribution >= 4 is 29.3 Å². The number of hydrogen-bond donors (Lipinski definition) is 4. The molecule has 3 aromatic rings. The van der Waals surface area contributed by atoms with Crippen LogP contribution in [0.5, 0.6) is 0 Å². The summed E-state index contributed by atoms with van der Waals surface area (Å²) in [4.78, 5) is 24.7. The molecule has 0 radical (unpaired) electrons. The summed E-state index contributed by atoms with van der Waals surface area (Å²) in [7, 11) is 0. The van der Waals surface area contributed by atoms with Crippen LogP contribution in [0.15, 0.2) is 24.4 Å². The largest absolute Gasteiger partial charge is 0.350 e. The van der Waals surface area contributed by atoms with Crippen LogP contribution < -0.4 is 20.9 Å². The number of piperidine rings is 1. The summed E-state index contributed by atoms with van der Waals surface area (Å²) in [5.41, 5.74) is 1.78. The first-order valence-corrected chi connectivity index (χ1v) is 11.8. The molecule has 2 atom stereocenters. The normalized spacial score (nSPS) is 21.5. The third kappa shape index (κ3) is 4.52. The molecule has 33 heavy (non-hydrogen) atoms. The lowest BCUT2D eigenvalue weighted by molar-refractivity contribution is -0.123. The Bertz CT molecular complexity index is 1120. The van der Waals surface area contributed by atoms with E-state index in [9.17, 15) is 4.79 Å². The van der Waals surface area contributed by atoms with Crippen molar-refractivity contribution in [3.05, 3.63) is 30.1 Å². The third-order valence-electron chi connectivity index (χ3n) is 6.46. The van der Waals surface area contributed by atoms with Crippen LogP contribution in [0, 0.1) is 0 Å². The van der Waals surface area contributed by atoms with Crippen LogP contribution >= 0.6 is 0 Å². The number of H-pyrrole nitrogens is 1. The summed E-state index contributed by atoms with van der Waals surface area (Å²) in [5, 5.41) is 17.4. The molecule has 1 amide bonds. The molecule has 10 nitrogen and oxygen atoms in total. The van der Waals surface area contributed by atoms with Crippen LogP contribution in [0.4, 0.5) is 17.7 Å². The molecule has 4 N–H and O–H groups in total. The molecule has 5 heterocycles. The van der Waals surface area contributed by atoms with E-state index in [4.69, 9.17) is 9.97 Å². The Labute approximate surface area is 193 Å². The molecule has 0 spiro atoms. The number of fused-ring (bicyclic) bond motifs is 1. The first kappa shape index (κ1) is 21.7. The van der Waals surface area contributed by atoms with Crippen molar-refractivity contribution in [1.82, 2.24) is 35.2 Å². The smallest absolute Gasteiger partial charge is 0.243 e. The molecule has 2 fully saturated rings. The average Bonchev–Trinajstić information content (AvgIpc) is 3.54. The Morgan fingerprint density at radius 3 is 2.85 bits per heavy atom. The highest BCUT2D eigenvalue weighted by Gasteiger charge is 2.34. The Balaban J connectivity index is 1.40. The minimum atomic E-state index is -0.255.